The highest BCUT2D eigenvalue weighted by molar-refractivity contribution is 14.0. The Morgan fingerprint density at radius 1 is 1.26 bits per heavy atom. The molecular formula is C16H22ClIN4O. The van der Waals surface area contributed by atoms with Crippen molar-refractivity contribution >= 4 is 41.5 Å². The zero-order valence-corrected chi connectivity index (χ0v) is 16.2. The van der Waals surface area contributed by atoms with Gasteiger partial charge in [0.2, 0.25) is 0 Å². The minimum atomic E-state index is -0.618. The maximum Gasteiger partial charge on any atom is 0.191 e. The van der Waals surface area contributed by atoms with Gasteiger partial charge < -0.3 is 20.3 Å². The fourth-order valence-electron chi connectivity index (χ4n) is 2.07. The SMILES string of the molecule is CN=C(NCc1ccn(C)c1)NCC(O)c1ccc(Cl)cc1.I. The molecule has 126 valence electrons. The van der Waals surface area contributed by atoms with Gasteiger partial charge in [-0.15, -0.1) is 24.0 Å². The van der Waals surface area contributed by atoms with Gasteiger partial charge in [-0.2, -0.15) is 0 Å². The van der Waals surface area contributed by atoms with Gasteiger partial charge >= 0.3 is 0 Å². The number of guanidine groups is 1. The van der Waals surface area contributed by atoms with Crippen molar-refractivity contribution in [3.8, 4) is 0 Å². The third kappa shape index (κ3) is 6.40. The molecule has 1 heterocycles. The van der Waals surface area contributed by atoms with E-state index in [-0.39, 0.29) is 24.0 Å². The Hall–Kier alpha value is -1.25. The Balaban J connectivity index is 0.00000264. The number of hydrogen-bond donors (Lipinski definition) is 3. The van der Waals surface area contributed by atoms with Crippen LogP contribution in [0, 0.1) is 0 Å². The maximum absolute atomic E-state index is 10.2. The number of rotatable bonds is 5. The number of aliphatic hydroxyl groups excluding tert-OH is 1. The van der Waals surface area contributed by atoms with Crippen molar-refractivity contribution in [2.75, 3.05) is 13.6 Å². The first-order chi connectivity index (χ1) is 10.6. The van der Waals surface area contributed by atoms with Gasteiger partial charge in [0.05, 0.1) is 6.10 Å². The number of aromatic nitrogens is 1. The normalized spacial score (nSPS) is 12.4. The number of halogens is 2. The summed E-state index contributed by atoms with van der Waals surface area (Å²) in [6.07, 6.45) is 3.42. The summed E-state index contributed by atoms with van der Waals surface area (Å²) in [5.74, 6) is 0.650. The molecule has 0 aliphatic carbocycles. The quantitative estimate of drug-likeness (QED) is 0.374. The highest BCUT2D eigenvalue weighted by Crippen LogP contribution is 2.15. The van der Waals surface area contributed by atoms with Crippen LogP contribution in [0.25, 0.3) is 0 Å². The molecule has 1 aromatic carbocycles. The van der Waals surface area contributed by atoms with Crippen LogP contribution in [0.1, 0.15) is 17.2 Å². The predicted molar refractivity (Wildman–Crippen MR) is 105 cm³/mol. The van der Waals surface area contributed by atoms with Crippen LogP contribution < -0.4 is 10.6 Å². The summed E-state index contributed by atoms with van der Waals surface area (Å²) >= 11 is 5.84. The van der Waals surface area contributed by atoms with Gasteiger partial charge in [0, 0.05) is 44.6 Å². The third-order valence-electron chi connectivity index (χ3n) is 3.29. The van der Waals surface area contributed by atoms with E-state index in [2.05, 4.69) is 15.6 Å². The highest BCUT2D eigenvalue weighted by Gasteiger charge is 2.08. The zero-order valence-electron chi connectivity index (χ0n) is 13.2. The Morgan fingerprint density at radius 3 is 2.52 bits per heavy atom. The first kappa shape index (κ1) is 19.8. The molecule has 0 spiro atoms. The molecule has 0 radical (unpaired) electrons. The molecule has 3 N–H and O–H groups in total. The lowest BCUT2D eigenvalue weighted by Crippen LogP contribution is -2.38. The molecule has 23 heavy (non-hydrogen) atoms. The first-order valence-electron chi connectivity index (χ1n) is 7.07. The number of aliphatic imine (C=N–C) groups is 1. The third-order valence-corrected chi connectivity index (χ3v) is 3.55. The number of hydrogen-bond acceptors (Lipinski definition) is 2. The van der Waals surface area contributed by atoms with E-state index < -0.39 is 6.10 Å². The summed E-state index contributed by atoms with van der Waals surface area (Å²) in [4.78, 5) is 4.15. The van der Waals surface area contributed by atoms with Gasteiger partial charge in [0.1, 0.15) is 0 Å². The Labute approximate surface area is 158 Å². The van der Waals surface area contributed by atoms with Crippen LogP contribution in [0.4, 0.5) is 0 Å². The lowest BCUT2D eigenvalue weighted by Gasteiger charge is -2.15. The van der Waals surface area contributed by atoms with Gasteiger partial charge in [-0.3, -0.25) is 4.99 Å². The molecule has 0 saturated carbocycles. The molecule has 0 saturated heterocycles. The second-order valence-electron chi connectivity index (χ2n) is 5.06. The zero-order chi connectivity index (χ0) is 15.9. The van der Waals surface area contributed by atoms with E-state index in [1.165, 1.54) is 5.56 Å². The molecule has 0 aliphatic heterocycles. The molecule has 0 amide bonds. The summed E-state index contributed by atoms with van der Waals surface area (Å²) in [7, 11) is 3.69. The number of nitrogens with one attached hydrogen (secondary N) is 2. The molecule has 5 nitrogen and oxygen atoms in total. The standard InChI is InChI=1S/C16H21ClN4O.HI/c1-18-16(19-9-12-7-8-21(2)11-12)20-10-15(22)13-3-5-14(17)6-4-13;/h3-8,11,15,22H,9-10H2,1-2H3,(H2,18,19,20);1H. The van der Waals surface area contributed by atoms with Crippen LogP contribution in [0.3, 0.4) is 0 Å². The van der Waals surface area contributed by atoms with Gasteiger partial charge in [-0.25, -0.2) is 0 Å². The molecule has 1 unspecified atom stereocenters. The second-order valence-corrected chi connectivity index (χ2v) is 5.50. The van der Waals surface area contributed by atoms with Crippen molar-refractivity contribution in [3.63, 3.8) is 0 Å². The largest absolute Gasteiger partial charge is 0.387 e. The van der Waals surface area contributed by atoms with E-state index in [0.29, 0.717) is 24.1 Å². The number of nitrogens with zero attached hydrogens (tertiary/aromatic N) is 2. The summed E-state index contributed by atoms with van der Waals surface area (Å²) in [6, 6.07) is 9.21. The van der Waals surface area contributed by atoms with Crippen molar-refractivity contribution in [1.82, 2.24) is 15.2 Å². The summed E-state index contributed by atoms with van der Waals surface area (Å²) in [5.41, 5.74) is 1.99. The lowest BCUT2D eigenvalue weighted by atomic mass is 10.1. The average molecular weight is 449 g/mol. The minimum Gasteiger partial charge on any atom is -0.387 e. The molecule has 0 aliphatic rings. The van der Waals surface area contributed by atoms with E-state index in [0.717, 1.165) is 5.56 Å². The van der Waals surface area contributed by atoms with E-state index in [1.54, 1.807) is 19.2 Å². The smallest absolute Gasteiger partial charge is 0.191 e. The number of benzene rings is 1. The Bertz CT molecular complexity index is 627. The van der Waals surface area contributed by atoms with E-state index in [9.17, 15) is 5.11 Å². The van der Waals surface area contributed by atoms with Crippen LogP contribution in [-0.2, 0) is 13.6 Å². The molecule has 1 aromatic heterocycles. The Kier molecular flexibility index (Phi) is 8.43. The fraction of sp³-hybridized carbons (Fsp3) is 0.312. The number of aliphatic hydroxyl groups is 1. The molecular weight excluding hydrogens is 427 g/mol. The Morgan fingerprint density at radius 2 is 1.96 bits per heavy atom. The van der Waals surface area contributed by atoms with Crippen LogP contribution >= 0.6 is 35.6 Å². The maximum atomic E-state index is 10.2. The van der Waals surface area contributed by atoms with Crippen molar-refractivity contribution in [2.24, 2.45) is 12.0 Å². The molecule has 0 bridgehead atoms. The van der Waals surface area contributed by atoms with Crippen LogP contribution in [0.5, 0.6) is 0 Å². The van der Waals surface area contributed by atoms with Crippen LogP contribution in [0.2, 0.25) is 5.02 Å². The van der Waals surface area contributed by atoms with Crippen molar-refractivity contribution in [1.29, 1.82) is 0 Å². The topological polar surface area (TPSA) is 61.6 Å². The van der Waals surface area contributed by atoms with Crippen molar-refractivity contribution < 1.29 is 5.11 Å². The van der Waals surface area contributed by atoms with Gasteiger partial charge in [0.25, 0.3) is 0 Å². The molecule has 2 aromatic rings. The van der Waals surface area contributed by atoms with Crippen LogP contribution in [-0.4, -0.2) is 29.2 Å². The molecule has 1 atom stereocenters. The van der Waals surface area contributed by atoms with Gasteiger partial charge in [0.15, 0.2) is 5.96 Å². The van der Waals surface area contributed by atoms with Gasteiger partial charge in [-0.1, -0.05) is 23.7 Å². The predicted octanol–water partition coefficient (Wildman–Crippen LogP) is 2.70. The highest BCUT2D eigenvalue weighted by atomic mass is 127. The number of aryl methyl sites for hydroxylation is 1. The van der Waals surface area contributed by atoms with E-state index in [1.807, 2.05) is 42.2 Å². The monoisotopic (exact) mass is 448 g/mol. The fourth-order valence-corrected chi connectivity index (χ4v) is 2.19. The molecule has 0 fully saturated rings. The van der Waals surface area contributed by atoms with E-state index in [4.69, 9.17) is 11.6 Å². The average Bonchev–Trinajstić information content (AvgIpc) is 2.93. The van der Waals surface area contributed by atoms with Crippen LogP contribution in [0.15, 0.2) is 47.7 Å². The molecule has 7 heteroatoms. The summed E-state index contributed by atoms with van der Waals surface area (Å²) in [6.45, 7) is 1.05. The van der Waals surface area contributed by atoms with Crippen molar-refractivity contribution in [3.05, 3.63) is 58.9 Å². The molecule has 2 rings (SSSR count). The van der Waals surface area contributed by atoms with E-state index >= 15 is 0 Å². The minimum absolute atomic E-state index is 0. The summed E-state index contributed by atoms with van der Waals surface area (Å²) in [5, 5.41) is 17.1. The second kappa shape index (κ2) is 9.79. The summed E-state index contributed by atoms with van der Waals surface area (Å²) < 4.78 is 2.00. The lowest BCUT2D eigenvalue weighted by molar-refractivity contribution is 0.181. The first-order valence-corrected chi connectivity index (χ1v) is 7.45. The van der Waals surface area contributed by atoms with Crippen molar-refractivity contribution in [2.45, 2.75) is 12.6 Å². The van der Waals surface area contributed by atoms with Gasteiger partial charge in [-0.05, 0) is 29.3 Å².